The van der Waals surface area contributed by atoms with E-state index >= 15 is 0 Å². The van der Waals surface area contributed by atoms with Gasteiger partial charge in [0.2, 0.25) is 15.9 Å². The van der Waals surface area contributed by atoms with E-state index in [9.17, 15) is 27.9 Å². The number of oxime groups is 2. The van der Waals surface area contributed by atoms with Crippen molar-refractivity contribution in [1.82, 2.24) is 24.4 Å². The van der Waals surface area contributed by atoms with E-state index in [-0.39, 0.29) is 49.1 Å². The van der Waals surface area contributed by atoms with Gasteiger partial charge in [-0.2, -0.15) is 4.31 Å². The van der Waals surface area contributed by atoms with E-state index in [2.05, 4.69) is 20.6 Å². The van der Waals surface area contributed by atoms with Crippen molar-refractivity contribution in [1.29, 1.82) is 0 Å². The van der Waals surface area contributed by atoms with Crippen LogP contribution in [0.1, 0.15) is 63.4 Å². The number of imide groups is 1. The van der Waals surface area contributed by atoms with Gasteiger partial charge in [0, 0.05) is 19.3 Å². The molecule has 0 radical (unpaired) electrons. The van der Waals surface area contributed by atoms with E-state index in [1.807, 2.05) is 51.1 Å². The summed E-state index contributed by atoms with van der Waals surface area (Å²) in [5, 5.41) is 38.9. The topological polar surface area (TPSA) is 205 Å². The zero-order valence-corrected chi connectivity index (χ0v) is 31.9. The SMILES string of the molecule is CCC(C)C(C(=O)N[C@@H](Cc1ccccc1)[C@H](O)CN(CC(C)C)S(=O)(=O)c1ccc(/C=N/O)cc1)N1CC(=O)N(Cc2ccnc(C(C)=NO)c2)C1=O. The van der Waals surface area contributed by atoms with Crippen molar-refractivity contribution in [3.05, 3.63) is 95.3 Å². The summed E-state index contributed by atoms with van der Waals surface area (Å²) in [5.41, 5.74) is 2.46. The molecule has 4 N–H and O–H groups in total. The third-order valence-corrected chi connectivity index (χ3v) is 11.2. The summed E-state index contributed by atoms with van der Waals surface area (Å²) in [6.45, 7) is 8.22. The van der Waals surface area contributed by atoms with Gasteiger partial charge in [0.05, 0.1) is 35.5 Å². The number of rotatable bonds is 18. The Labute approximate surface area is 316 Å². The second kappa shape index (κ2) is 18.7. The minimum atomic E-state index is -4.12. The van der Waals surface area contributed by atoms with E-state index in [0.29, 0.717) is 23.2 Å². The number of aromatic nitrogens is 1. The fourth-order valence-electron chi connectivity index (χ4n) is 6.24. The summed E-state index contributed by atoms with van der Waals surface area (Å²) >= 11 is 0. The Balaban J connectivity index is 1.62. The van der Waals surface area contributed by atoms with E-state index in [0.717, 1.165) is 10.5 Å². The van der Waals surface area contributed by atoms with E-state index in [1.54, 1.807) is 26.0 Å². The van der Waals surface area contributed by atoms with Crippen LogP contribution in [0.25, 0.3) is 0 Å². The van der Waals surface area contributed by atoms with Crippen LogP contribution < -0.4 is 5.32 Å². The predicted octanol–water partition coefficient (Wildman–Crippen LogP) is 3.70. The zero-order chi connectivity index (χ0) is 39.6. The molecule has 54 heavy (non-hydrogen) atoms. The molecule has 1 fully saturated rings. The Bertz CT molecular complexity index is 1920. The summed E-state index contributed by atoms with van der Waals surface area (Å²) in [4.78, 5) is 47.9. The van der Waals surface area contributed by atoms with Gasteiger partial charge < -0.3 is 25.7 Å². The third-order valence-electron chi connectivity index (χ3n) is 9.33. The van der Waals surface area contributed by atoms with Crippen LogP contribution in [0.5, 0.6) is 0 Å². The van der Waals surface area contributed by atoms with E-state index in [1.165, 1.54) is 45.9 Å². The van der Waals surface area contributed by atoms with Crippen molar-refractivity contribution >= 4 is 39.8 Å². The van der Waals surface area contributed by atoms with Crippen molar-refractivity contribution in [3.8, 4) is 0 Å². The molecule has 0 aliphatic carbocycles. The lowest BCUT2D eigenvalue weighted by Crippen LogP contribution is -2.57. The maximum Gasteiger partial charge on any atom is 0.328 e. The Hall–Kier alpha value is -5.19. The normalized spacial score (nSPS) is 16.3. The average Bonchev–Trinajstić information content (AvgIpc) is 3.42. The lowest BCUT2D eigenvalue weighted by Gasteiger charge is -2.34. The molecule has 2 unspecified atom stereocenters. The molecule has 1 aromatic heterocycles. The van der Waals surface area contributed by atoms with Crippen LogP contribution in [-0.2, 0) is 32.6 Å². The van der Waals surface area contributed by atoms with Gasteiger partial charge in [-0.1, -0.05) is 86.9 Å². The number of carbonyl (C=O) groups is 3. The molecule has 2 aromatic carbocycles. The predicted molar refractivity (Wildman–Crippen MR) is 202 cm³/mol. The standard InChI is InChI=1S/C38H49N7O8S/c1-6-26(4)36(45-24-35(47)44(38(45)49)22-30-16-17-39-32(19-30)27(5)42-51)37(48)41-33(18-28-10-8-7-9-11-28)34(46)23-43(21-25(2)3)54(52,53)31-14-12-29(13-15-31)20-40-50/h7-17,19-20,25-26,33-34,36,46,50-51H,6,18,21-24H2,1-5H3,(H,41,48)/b40-20+,42-27?/t26?,33-,34+,36?/m0/s1. The molecule has 15 nitrogen and oxygen atoms in total. The number of hydrogen-bond acceptors (Lipinski definition) is 11. The van der Waals surface area contributed by atoms with Gasteiger partial charge in [0.15, 0.2) is 0 Å². The number of hydrogen-bond donors (Lipinski definition) is 4. The lowest BCUT2D eigenvalue weighted by atomic mass is 9.95. The minimum Gasteiger partial charge on any atom is -0.411 e. The van der Waals surface area contributed by atoms with E-state index in [4.69, 9.17) is 10.4 Å². The van der Waals surface area contributed by atoms with Crippen LogP contribution in [0.2, 0.25) is 0 Å². The van der Waals surface area contributed by atoms with Crippen molar-refractivity contribution < 1.29 is 38.3 Å². The molecule has 1 aliphatic rings. The molecule has 1 aliphatic heterocycles. The van der Waals surface area contributed by atoms with Crippen LogP contribution in [0.15, 0.2) is 88.1 Å². The first-order valence-corrected chi connectivity index (χ1v) is 19.2. The second-order valence-corrected chi connectivity index (χ2v) is 15.8. The van der Waals surface area contributed by atoms with Gasteiger partial charge in [-0.15, -0.1) is 0 Å². The maximum atomic E-state index is 14.3. The molecule has 0 saturated carbocycles. The zero-order valence-electron chi connectivity index (χ0n) is 31.1. The van der Waals surface area contributed by atoms with Crippen LogP contribution in [0.3, 0.4) is 0 Å². The number of sulfonamides is 1. The molecule has 2 heterocycles. The maximum absolute atomic E-state index is 14.3. The second-order valence-electron chi connectivity index (χ2n) is 13.9. The average molecular weight is 764 g/mol. The quantitative estimate of drug-likeness (QED) is 0.0644. The molecule has 1 saturated heterocycles. The van der Waals surface area contributed by atoms with Crippen molar-refractivity contribution in [2.24, 2.45) is 22.1 Å². The first-order valence-electron chi connectivity index (χ1n) is 17.7. The van der Waals surface area contributed by atoms with Crippen LogP contribution >= 0.6 is 0 Å². The monoisotopic (exact) mass is 763 g/mol. The molecule has 3 aromatic rings. The van der Waals surface area contributed by atoms with Crippen LogP contribution in [0, 0.1) is 11.8 Å². The number of aliphatic hydroxyl groups excluding tert-OH is 1. The largest absolute Gasteiger partial charge is 0.411 e. The Kier molecular flexibility index (Phi) is 14.4. The fourth-order valence-corrected chi connectivity index (χ4v) is 7.86. The number of benzene rings is 2. The van der Waals surface area contributed by atoms with Gasteiger partial charge in [0.25, 0.3) is 5.91 Å². The summed E-state index contributed by atoms with van der Waals surface area (Å²) < 4.78 is 29.0. The highest BCUT2D eigenvalue weighted by molar-refractivity contribution is 7.89. The molecular weight excluding hydrogens is 715 g/mol. The first kappa shape index (κ1) is 41.6. The first-order chi connectivity index (χ1) is 25.7. The summed E-state index contributed by atoms with van der Waals surface area (Å²) in [6, 6.07) is 15.4. The Morgan fingerprint density at radius 3 is 2.31 bits per heavy atom. The summed E-state index contributed by atoms with van der Waals surface area (Å²) in [6.07, 6.45) is 1.89. The number of urea groups is 1. The number of nitrogens with one attached hydrogen (secondary N) is 1. The molecular formula is C38H49N7O8S. The van der Waals surface area contributed by atoms with Crippen LogP contribution in [0.4, 0.5) is 4.79 Å². The van der Waals surface area contributed by atoms with Crippen LogP contribution in [-0.4, -0.2) is 111 Å². The van der Waals surface area contributed by atoms with Gasteiger partial charge >= 0.3 is 6.03 Å². The van der Waals surface area contributed by atoms with Gasteiger partial charge in [-0.3, -0.25) is 19.5 Å². The number of carbonyl (C=O) groups excluding carboxylic acids is 3. The minimum absolute atomic E-state index is 0.0210. The Morgan fingerprint density at radius 2 is 1.70 bits per heavy atom. The molecule has 290 valence electrons. The van der Waals surface area contributed by atoms with E-state index < -0.39 is 52.0 Å². The molecule has 0 bridgehead atoms. The fraction of sp³-hybridized carbons (Fsp3) is 0.421. The highest BCUT2D eigenvalue weighted by Gasteiger charge is 2.45. The molecule has 4 amide bonds. The molecule has 4 rings (SSSR count). The highest BCUT2D eigenvalue weighted by Crippen LogP contribution is 2.25. The number of amides is 4. The number of aliphatic hydroxyl groups is 1. The van der Waals surface area contributed by atoms with Gasteiger partial charge in [-0.25, -0.2) is 13.2 Å². The number of nitrogens with zero attached hydrogens (tertiary/aromatic N) is 6. The molecule has 16 heteroatoms. The van der Waals surface area contributed by atoms with Gasteiger partial charge in [0.1, 0.15) is 18.3 Å². The highest BCUT2D eigenvalue weighted by atomic mass is 32.2. The summed E-state index contributed by atoms with van der Waals surface area (Å²) in [5.74, 6) is -1.60. The van der Waals surface area contributed by atoms with Crippen molar-refractivity contribution in [2.75, 3.05) is 19.6 Å². The molecule has 4 atom stereocenters. The van der Waals surface area contributed by atoms with Crippen molar-refractivity contribution in [2.45, 2.75) is 77.1 Å². The lowest BCUT2D eigenvalue weighted by molar-refractivity contribution is -0.129. The number of pyridine rings is 1. The Morgan fingerprint density at radius 1 is 1.02 bits per heavy atom. The summed E-state index contributed by atoms with van der Waals surface area (Å²) in [7, 11) is -4.12. The van der Waals surface area contributed by atoms with Gasteiger partial charge in [-0.05, 0) is 66.1 Å². The molecule has 0 spiro atoms. The van der Waals surface area contributed by atoms with Crippen molar-refractivity contribution in [3.63, 3.8) is 0 Å². The smallest absolute Gasteiger partial charge is 0.328 e. The third kappa shape index (κ3) is 10.3.